The fourth-order valence-corrected chi connectivity index (χ4v) is 2.26. The van der Waals surface area contributed by atoms with Gasteiger partial charge in [0, 0.05) is 22.7 Å². The lowest BCUT2D eigenvalue weighted by Crippen LogP contribution is -2.21. The van der Waals surface area contributed by atoms with Crippen molar-refractivity contribution in [3.05, 3.63) is 46.3 Å². The Hall–Kier alpha value is -2.34. The second-order valence-corrected chi connectivity index (χ2v) is 5.46. The van der Waals surface area contributed by atoms with Gasteiger partial charge in [-0.25, -0.2) is 0 Å². The van der Waals surface area contributed by atoms with Gasteiger partial charge in [-0.3, -0.25) is 9.59 Å². The van der Waals surface area contributed by atoms with Crippen LogP contribution >= 0.6 is 11.6 Å². The topological polar surface area (TPSA) is 81.4 Å². The summed E-state index contributed by atoms with van der Waals surface area (Å²) in [6.45, 7) is 3.27. The molecule has 0 aliphatic heterocycles. The van der Waals surface area contributed by atoms with Crippen molar-refractivity contribution in [2.24, 2.45) is 0 Å². The highest BCUT2D eigenvalue weighted by molar-refractivity contribution is 6.30. The highest BCUT2D eigenvalue weighted by atomic mass is 35.5. The standard InChI is InChI=1S/C16H17ClN2O4/c1-10-14(11(2)23-19-10)6-7-16(21)22-9-15(20)18-13-5-3-4-12(17)8-13/h3-5,8H,6-7,9H2,1-2H3,(H,18,20). The van der Waals surface area contributed by atoms with E-state index in [1.165, 1.54) is 0 Å². The van der Waals surface area contributed by atoms with E-state index in [1.54, 1.807) is 31.2 Å². The molecule has 1 aromatic heterocycles. The van der Waals surface area contributed by atoms with Crippen LogP contribution in [0, 0.1) is 13.8 Å². The molecule has 0 bridgehead atoms. The number of hydrogen-bond acceptors (Lipinski definition) is 5. The predicted molar refractivity (Wildman–Crippen MR) is 85.3 cm³/mol. The molecule has 0 saturated heterocycles. The number of nitrogens with zero attached hydrogens (tertiary/aromatic N) is 1. The van der Waals surface area contributed by atoms with Crippen molar-refractivity contribution in [3.8, 4) is 0 Å². The lowest BCUT2D eigenvalue weighted by atomic mass is 10.1. The van der Waals surface area contributed by atoms with Gasteiger partial charge in [-0.15, -0.1) is 0 Å². The second-order valence-electron chi connectivity index (χ2n) is 5.02. The van der Waals surface area contributed by atoms with E-state index in [-0.39, 0.29) is 13.0 Å². The molecule has 1 N–H and O–H groups in total. The van der Waals surface area contributed by atoms with Crippen LogP contribution in [0.2, 0.25) is 5.02 Å². The third-order valence-electron chi connectivity index (χ3n) is 3.23. The number of benzene rings is 1. The van der Waals surface area contributed by atoms with Crippen molar-refractivity contribution >= 4 is 29.2 Å². The summed E-state index contributed by atoms with van der Waals surface area (Å²) in [5.41, 5.74) is 2.20. The van der Waals surface area contributed by atoms with E-state index >= 15 is 0 Å². The molecule has 0 unspecified atom stereocenters. The van der Waals surface area contributed by atoms with Gasteiger partial charge in [-0.2, -0.15) is 0 Å². The zero-order chi connectivity index (χ0) is 16.8. The molecule has 23 heavy (non-hydrogen) atoms. The summed E-state index contributed by atoms with van der Waals surface area (Å²) in [5.74, 6) is -0.182. The normalized spacial score (nSPS) is 10.4. The molecule has 2 rings (SSSR count). The van der Waals surface area contributed by atoms with E-state index < -0.39 is 11.9 Å². The molecule has 0 aliphatic rings. The number of aromatic nitrogens is 1. The fourth-order valence-electron chi connectivity index (χ4n) is 2.07. The summed E-state index contributed by atoms with van der Waals surface area (Å²) in [6.07, 6.45) is 0.628. The largest absolute Gasteiger partial charge is 0.456 e. The molecule has 0 spiro atoms. The lowest BCUT2D eigenvalue weighted by molar-refractivity contribution is -0.147. The van der Waals surface area contributed by atoms with Gasteiger partial charge in [-0.05, 0) is 38.5 Å². The third kappa shape index (κ3) is 5.10. The smallest absolute Gasteiger partial charge is 0.306 e. The first-order valence-electron chi connectivity index (χ1n) is 7.08. The number of esters is 1. The minimum absolute atomic E-state index is 0.160. The number of rotatable bonds is 6. The Kier molecular flexibility index (Phi) is 5.76. The number of nitrogens with one attached hydrogen (secondary N) is 1. The van der Waals surface area contributed by atoms with Crippen LogP contribution in [0.25, 0.3) is 0 Å². The van der Waals surface area contributed by atoms with Gasteiger partial charge in [0.05, 0.1) is 5.69 Å². The quantitative estimate of drug-likeness (QED) is 0.820. The summed E-state index contributed by atoms with van der Waals surface area (Å²) in [6, 6.07) is 6.72. The minimum Gasteiger partial charge on any atom is -0.456 e. The van der Waals surface area contributed by atoms with Gasteiger partial charge in [0.25, 0.3) is 5.91 Å². The molecule has 0 radical (unpaired) electrons. The predicted octanol–water partition coefficient (Wildman–Crippen LogP) is 3.06. The Morgan fingerprint density at radius 2 is 2.13 bits per heavy atom. The van der Waals surface area contributed by atoms with Crippen molar-refractivity contribution in [2.75, 3.05) is 11.9 Å². The maximum atomic E-state index is 11.7. The third-order valence-corrected chi connectivity index (χ3v) is 3.47. The Morgan fingerprint density at radius 3 is 2.78 bits per heavy atom. The molecule has 1 heterocycles. The number of amides is 1. The number of halogens is 1. The Bertz CT molecular complexity index is 692. The van der Waals surface area contributed by atoms with Crippen LogP contribution in [0.4, 0.5) is 5.69 Å². The van der Waals surface area contributed by atoms with E-state index in [1.807, 2.05) is 6.92 Å². The van der Waals surface area contributed by atoms with Gasteiger partial charge < -0.3 is 14.6 Å². The van der Waals surface area contributed by atoms with Crippen LogP contribution in [-0.4, -0.2) is 23.6 Å². The zero-order valence-electron chi connectivity index (χ0n) is 12.9. The number of ether oxygens (including phenoxy) is 1. The summed E-state index contributed by atoms with van der Waals surface area (Å²) in [4.78, 5) is 23.4. The minimum atomic E-state index is -0.453. The first-order chi connectivity index (χ1) is 11.0. The van der Waals surface area contributed by atoms with Crippen molar-refractivity contribution in [3.63, 3.8) is 0 Å². The van der Waals surface area contributed by atoms with Crippen LogP contribution in [-0.2, 0) is 20.7 Å². The molecular weight excluding hydrogens is 320 g/mol. The second kappa shape index (κ2) is 7.78. The Balaban J connectivity index is 1.75. The van der Waals surface area contributed by atoms with Crippen LogP contribution in [0.1, 0.15) is 23.4 Å². The highest BCUT2D eigenvalue weighted by Crippen LogP contribution is 2.15. The average molecular weight is 337 g/mol. The zero-order valence-corrected chi connectivity index (χ0v) is 13.6. The monoisotopic (exact) mass is 336 g/mol. The molecule has 0 aliphatic carbocycles. The van der Waals surface area contributed by atoms with Crippen molar-refractivity contribution < 1.29 is 18.8 Å². The molecule has 7 heteroatoms. The summed E-state index contributed by atoms with van der Waals surface area (Å²) >= 11 is 5.82. The molecular formula is C16H17ClN2O4. The summed E-state index contributed by atoms with van der Waals surface area (Å²) in [7, 11) is 0. The van der Waals surface area contributed by atoms with Crippen LogP contribution < -0.4 is 5.32 Å². The number of carbonyl (C=O) groups is 2. The van der Waals surface area contributed by atoms with Gasteiger partial charge in [0.2, 0.25) is 0 Å². The van der Waals surface area contributed by atoms with E-state index in [0.29, 0.717) is 22.9 Å². The molecule has 0 atom stereocenters. The molecule has 2 aromatic rings. The first-order valence-corrected chi connectivity index (χ1v) is 7.46. The fraction of sp³-hybridized carbons (Fsp3) is 0.312. The number of carbonyl (C=O) groups excluding carboxylic acids is 2. The van der Waals surface area contributed by atoms with Crippen molar-refractivity contribution in [1.29, 1.82) is 0 Å². The Morgan fingerprint density at radius 1 is 1.35 bits per heavy atom. The van der Waals surface area contributed by atoms with Crippen molar-refractivity contribution in [2.45, 2.75) is 26.7 Å². The van der Waals surface area contributed by atoms with Crippen molar-refractivity contribution in [1.82, 2.24) is 5.16 Å². The van der Waals surface area contributed by atoms with Crippen LogP contribution in [0.3, 0.4) is 0 Å². The van der Waals surface area contributed by atoms with E-state index in [9.17, 15) is 9.59 Å². The van der Waals surface area contributed by atoms with E-state index in [2.05, 4.69) is 10.5 Å². The molecule has 0 fully saturated rings. The van der Waals surface area contributed by atoms with Gasteiger partial charge >= 0.3 is 5.97 Å². The molecule has 122 valence electrons. The average Bonchev–Trinajstić information content (AvgIpc) is 2.82. The number of aryl methyl sites for hydroxylation is 2. The maximum Gasteiger partial charge on any atom is 0.306 e. The number of anilines is 1. The van der Waals surface area contributed by atoms with Gasteiger partial charge in [-0.1, -0.05) is 22.8 Å². The molecule has 6 nitrogen and oxygen atoms in total. The lowest BCUT2D eigenvalue weighted by Gasteiger charge is -2.07. The molecule has 1 aromatic carbocycles. The maximum absolute atomic E-state index is 11.7. The van der Waals surface area contributed by atoms with E-state index in [0.717, 1.165) is 11.3 Å². The molecule has 0 saturated carbocycles. The summed E-state index contributed by atoms with van der Waals surface area (Å²) < 4.78 is 9.97. The van der Waals surface area contributed by atoms with Gasteiger partial charge in [0.15, 0.2) is 6.61 Å². The highest BCUT2D eigenvalue weighted by Gasteiger charge is 2.13. The molecule has 1 amide bonds. The SMILES string of the molecule is Cc1noc(C)c1CCC(=O)OCC(=O)Nc1cccc(Cl)c1. The Labute approximate surface area is 138 Å². The first kappa shape index (κ1) is 17.0. The van der Waals surface area contributed by atoms with Gasteiger partial charge in [0.1, 0.15) is 5.76 Å². The van der Waals surface area contributed by atoms with Crippen LogP contribution in [0.5, 0.6) is 0 Å². The van der Waals surface area contributed by atoms with E-state index in [4.69, 9.17) is 20.9 Å². The summed E-state index contributed by atoms with van der Waals surface area (Å²) in [5, 5.41) is 6.93. The van der Waals surface area contributed by atoms with Crippen LogP contribution in [0.15, 0.2) is 28.8 Å². The number of hydrogen-bond donors (Lipinski definition) is 1.